The van der Waals surface area contributed by atoms with Crippen molar-refractivity contribution in [3.63, 3.8) is 0 Å². The molecule has 2 N–H and O–H groups in total. The number of rotatable bonds is 2. The van der Waals surface area contributed by atoms with Gasteiger partial charge in [-0.05, 0) is 44.7 Å². The van der Waals surface area contributed by atoms with Crippen LogP contribution >= 0.6 is 0 Å². The van der Waals surface area contributed by atoms with Gasteiger partial charge in [0.25, 0.3) is 0 Å². The summed E-state index contributed by atoms with van der Waals surface area (Å²) in [6.07, 6.45) is 4.91. The number of hydrogen-bond acceptors (Lipinski definition) is 3. The Morgan fingerprint density at radius 3 is 2.93 bits per heavy atom. The Hall–Kier alpha value is -0.120. The Labute approximate surface area is 86.6 Å². The lowest BCUT2D eigenvalue weighted by atomic mass is 10.1. The summed E-state index contributed by atoms with van der Waals surface area (Å²) >= 11 is 0. The predicted molar refractivity (Wildman–Crippen MR) is 57.2 cm³/mol. The summed E-state index contributed by atoms with van der Waals surface area (Å²) in [5, 5.41) is 0. The third kappa shape index (κ3) is 2.94. The average molecular weight is 198 g/mol. The predicted octanol–water partition coefficient (Wildman–Crippen LogP) is 0.836. The van der Waals surface area contributed by atoms with Gasteiger partial charge in [-0.15, -0.1) is 0 Å². The first kappa shape index (κ1) is 10.4. The zero-order chi connectivity index (χ0) is 9.80. The highest BCUT2D eigenvalue weighted by atomic mass is 16.5. The van der Waals surface area contributed by atoms with Gasteiger partial charge in [-0.2, -0.15) is 0 Å². The first-order valence-corrected chi connectivity index (χ1v) is 5.90. The van der Waals surface area contributed by atoms with Crippen molar-refractivity contribution >= 4 is 0 Å². The highest BCUT2D eigenvalue weighted by Gasteiger charge is 2.20. The number of nitrogens with zero attached hydrogens (tertiary/aromatic N) is 1. The summed E-state index contributed by atoms with van der Waals surface area (Å²) in [6, 6.07) is 0.444. The molecule has 3 nitrogen and oxygen atoms in total. The Kier molecular flexibility index (Phi) is 3.79. The van der Waals surface area contributed by atoms with Crippen molar-refractivity contribution in [1.29, 1.82) is 0 Å². The third-order valence-corrected chi connectivity index (χ3v) is 3.41. The molecule has 2 rings (SSSR count). The smallest absolute Gasteiger partial charge is 0.0507 e. The van der Waals surface area contributed by atoms with Gasteiger partial charge < -0.3 is 15.4 Å². The summed E-state index contributed by atoms with van der Waals surface area (Å²) < 4.78 is 5.40. The van der Waals surface area contributed by atoms with Crippen LogP contribution in [0.15, 0.2) is 0 Å². The maximum atomic E-state index is 5.95. The molecule has 14 heavy (non-hydrogen) atoms. The van der Waals surface area contributed by atoms with Gasteiger partial charge in [-0.3, -0.25) is 0 Å². The van der Waals surface area contributed by atoms with Crippen LogP contribution in [-0.2, 0) is 4.74 Å². The van der Waals surface area contributed by atoms with E-state index in [1.54, 1.807) is 0 Å². The number of nitrogens with two attached hydrogens (primary N) is 1. The Balaban J connectivity index is 1.73. The Bertz CT molecular complexity index is 169. The molecule has 2 aliphatic rings. The summed E-state index contributed by atoms with van der Waals surface area (Å²) in [5.74, 6) is 0.782. The van der Waals surface area contributed by atoms with Crippen molar-refractivity contribution < 1.29 is 4.74 Å². The lowest BCUT2D eigenvalue weighted by Gasteiger charge is -2.22. The molecular formula is C11H22N2O. The first-order valence-electron chi connectivity index (χ1n) is 5.90. The van der Waals surface area contributed by atoms with Crippen LogP contribution in [0.5, 0.6) is 0 Å². The quantitative estimate of drug-likeness (QED) is 0.714. The fourth-order valence-corrected chi connectivity index (χ4v) is 2.46. The summed E-state index contributed by atoms with van der Waals surface area (Å²) in [4.78, 5) is 2.58. The topological polar surface area (TPSA) is 38.5 Å². The van der Waals surface area contributed by atoms with E-state index < -0.39 is 0 Å². The van der Waals surface area contributed by atoms with Crippen molar-refractivity contribution in [2.75, 3.05) is 32.8 Å². The molecule has 0 aromatic rings. The molecule has 0 bridgehead atoms. The van der Waals surface area contributed by atoms with Crippen molar-refractivity contribution in [2.24, 2.45) is 11.7 Å². The van der Waals surface area contributed by atoms with E-state index in [4.69, 9.17) is 10.5 Å². The molecule has 82 valence electrons. The summed E-state index contributed by atoms with van der Waals surface area (Å²) in [7, 11) is 0. The van der Waals surface area contributed by atoms with E-state index in [2.05, 4.69) is 4.90 Å². The Morgan fingerprint density at radius 1 is 1.21 bits per heavy atom. The van der Waals surface area contributed by atoms with E-state index in [-0.39, 0.29) is 0 Å². The van der Waals surface area contributed by atoms with E-state index in [0.717, 1.165) is 19.1 Å². The van der Waals surface area contributed by atoms with Crippen LogP contribution in [0.25, 0.3) is 0 Å². The van der Waals surface area contributed by atoms with Crippen molar-refractivity contribution in [3.05, 3.63) is 0 Å². The van der Waals surface area contributed by atoms with Crippen molar-refractivity contribution in [2.45, 2.75) is 31.7 Å². The lowest BCUT2D eigenvalue weighted by molar-refractivity contribution is 0.168. The van der Waals surface area contributed by atoms with Crippen molar-refractivity contribution in [3.8, 4) is 0 Å². The lowest BCUT2D eigenvalue weighted by Crippen LogP contribution is -2.31. The van der Waals surface area contributed by atoms with Gasteiger partial charge in [-0.1, -0.05) is 0 Å². The zero-order valence-electron chi connectivity index (χ0n) is 8.95. The minimum atomic E-state index is 0.444. The Morgan fingerprint density at radius 2 is 2.14 bits per heavy atom. The highest BCUT2D eigenvalue weighted by molar-refractivity contribution is 4.75. The molecule has 2 atom stereocenters. The second kappa shape index (κ2) is 5.10. The fourth-order valence-electron chi connectivity index (χ4n) is 2.46. The van der Waals surface area contributed by atoms with Gasteiger partial charge in [0.2, 0.25) is 0 Å². The molecule has 2 fully saturated rings. The van der Waals surface area contributed by atoms with Crippen LogP contribution in [0.2, 0.25) is 0 Å². The van der Waals surface area contributed by atoms with E-state index in [0.29, 0.717) is 6.04 Å². The van der Waals surface area contributed by atoms with Crippen LogP contribution in [0.3, 0.4) is 0 Å². The van der Waals surface area contributed by atoms with Gasteiger partial charge in [0.1, 0.15) is 0 Å². The van der Waals surface area contributed by atoms with E-state index >= 15 is 0 Å². The van der Waals surface area contributed by atoms with Gasteiger partial charge in [0, 0.05) is 19.2 Å². The molecule has 0 radical (unpaired) electrons. The van der Waals surface area contributed by atoms with Gasteiger partial charge in [0.15, 0.2) is 0 Å². The summed E-state index contributed by atoms with van der Waals surface area (Å²) in [5.41, 5.74) is 5.95. The van der Waals surface area contributed by atoms with Crippen molar-refractivity contribution in [1.82, 2.24) is 4.90 Å². The molecule has 0 aliphatic carbocycles. The molecule has 2 aliphatic heterocycles. The second-order valence-corrected chi connectivity index (χ2v) is 4.72. The molecule has 0 amide bonds. The minimum absolute atomic E-state index is 0.444. The van der Waals surface area contributed by atoms with E-state index in [9.17, 15) is 0 Å². The van der Waals surface area contributed by atoms with Crippen LogP contribution in [-0.4, -0.2) is 43.8 Å². The molecule has 2 unspecified atom stereocenters. The van der Waals surface area contributed by atoms with Gasteiger partial charge >= 0.3 is 0 Å². The summed E-state index contributed by atoms with van der Waals surface area (Å²) in [6.45, 7) is 5.61. The molecule has 0 aromatic carbocycles. The number of hydrogen-bond donors (Lipinski definition) is 1. The highest BCUT2D eigenvalue weighted by Crippen LogP contribution is 2.16. The van der Waals surface area contributed by atoms with Crippen LogP contribution in [0.4, 0.5) is 0 Å². The van der Waals surface area contributed by atoms with Crippen LogP contribution in [0.1, 0.15) is 25.7 Å². The third-order valence-electron chi connectivity index (χ3n) is 3.41. The molecule has 3 heteroatoms. The number of likely N-dealkylation sites (tertiary alicyclic amines) is 1. The molecule has 2 saturated heterocycles. The standard InChI is InChI=1S/C11H22N2O/c12-11-2-1-5-13(6-3-11)8-10-4-7-14-9-10/h10-11H,1-9,12H2. The minimum Gasteiger partial charge on any atom is -0.381 e. The normalized spacial score (nSPS) is 35.8. The first-order chi connectivity index (χ1) is 6.84. The second-order valence-electron chi connectivity index (χ2n) is 4.72. The fraction of sp³-hybridized carbons (Fsp3) is 1.00. The van der Waals surface area contributed by atoms with Crippen LogP contribution in [0, 0.1) is 5.92 Å². The molecule has 0 spiro atoms. The average Bonchev–Trinajstić information content (AvgIpc) is 2.58. The monoisotopic (exact) mass is 198 g/mol. The maximum absolute atomic E-state index is 5.95. The maximum Gasteiger partial charge on any atom is 0.0507 e. The largest absolute Gasteiger partial charge is 0.381 e. The molecule has 0 saturated carbocycles. The number of ether oxygens (including phenoxy) is 1. The molecular weight excluding hydrogens is 176 g/mol. The van der Waals surface area contributed by atoms with Gasteiger partial charge in [-0.25, -0.2) is 0 Å². The molecule has 0 aromatic heterocycles. The SMILES string of the molecule is NC1CCCN(CC2CCOC2)CC1. The van der Waals surface area contributed by atoms with Crippen LogP contribution < -0.4 is 5.73 Å². The van der Waals surface area contributed by atoms with Gasteiger partial charge in [0.05, 0.1) is 6.61 Å². The van der Waals surface area contributed by atoms with E-state index in [1.165, 1.54) is 45.3 Å². The molecule has 2 heterocycles. The zero-order valence-corrected chi connectivity index (χ0v) is 8.95. The van der Waals surface area contributed by atoms with E-state index in [1.807, 2.05) is 0 Å².